The van der Waals surface area contributed by atoms with E-state index in [1.54, 1.807) is 0 Å². The fourth-order valence-electron chi connectivity index (χ4n) is 1.37. The van der Waals surface area contributed by atoms with Gasteiger partial charge in [0.15, 0.2) is 11.6 Å². The highest BCUT2D eigenvalue weighted by atomic mass is 35.5. The van der Waals surface area contributed by atoms with Crippen molar-refractivity contribution in [1.82, 2.24) is 9.97 Å². The first-order valence-corrected chi connectivity index (χ1v) is 6.58. The van der Waals surface area contributed by atoms with Crippen LogP contribution in [0.2, 0.25) is 0 Å². The Balaban J connectivity index is 3.01. The van der Waals surface area contributed by atoms with Crippen molar-refractivity contribution >= 4 is 29.0 Å². The summed E-state index contributed by atoms with van der Waals surface area (Å²) < 4.78 is 13.9. The van der Waals surface area contributed by atoms with Crippen molar-refractivity contribution < 1.29 is 4.39 Å². The van der Waals surface area contributed by atoms with E-state index in [9.17, 15) is 4.39 Å². The SMILES string of the molecule is CCc1ncnc(NC(CC)(CCl)CCl)c1F. The third-order valence-electron chi connectivity index (χ3n) is 2.77. The van der Waals surface area contributed by atoms with Gasteiger partial charge in [-0.3, -0.25) is 0 Å². The van der Waals surface area contributed by atoms with Gasteiger partial charge in [-0.05, 0) is 12.8 Å². The molecule has 0 aromatic carbocycles. The van der Waals surface area contributed by atoms with E-state index in [0.717, 1.165) is 0 Å². The van der Waals surface area contributed by atoms with Gasteiger partial charge in [-0.15, -0.1) is 23.2 Å². The summed E-state index contributed by atoms with van der Waals surface area (Å²) in [6, 6.07) is 0. The molecule has 0 saturated heterocycles. The Morgan fingerprint density at radius 3 is 2.41 bits per heavy atom. The molecule has 0 aliphatic heterocycles. The minimum atomic E-state index is -0.538. The summed E-state index contributed by atoms with van der Waals surface area (Å²) in [5.41, 5.74) is -0.153. The molecule has 0 bridgehead atoms. The minimum Gasteiger partial charge on any atom is -0.360 e. The number of nitrogens with zero attached hydrogens (tertiary/aromatic N) is 2. The lowest BCUT2D eigenvalue weighted by Crippen LogP contribution is -2.42. The predicted octanol–water partition coefficient (Wildman–Crippen LogP) is 3.22. The Kier molecular flexibility index (Phi) is 5.40. The van der Waals surface area contributed by atoms with E-state index in [2.05, 4.69) is 15.3 Å². The Morgan fingerprint density at radius 2 is 1.94 bits per heavy atom. The molecule has 96 valence electrons. The predicted molar refractivity (Wildman–Crippen MR) is 69.5 cm³/mol. The molecule has 0 spiro atoms. The number of aryl methyl sites for hydroxylation is 1. The van der Waals surface area contributed by atoms with Crippen molar-refractivity contribution in [3.05, 3.63) is 17.8 Å². The molecular weight excluding hydrogens is 264 g/mol. The lowest BCUT2D eigenvalue weighted by atomic mass is 10.0. The number of nitrogens with one attached hydrogen (secondary N) is 1. The summed E-state index contributed by atoms with van der Waals surface area (Å²) in [6.07, 6.45) is 2.54. The van der Waals surface area contributed by atoms with Gasteiger partial charge in [0.2, 0.25) is 0 Å². The highest BCUT2D eigenvalue weighted by Gasteiger charge is 2.28. The van der Waals surface area contributed by atoms with Gasteiger partial charge in [0.25, 0.3) is 0 Å². The van der Waals surface area contributed by atoms with Crippen LogP contribution >= 0.6 is 23.2 Å². The lowest BCUT2D eigenvalue weighted by Gasteiger charge is -2.30. The van der Waals surface area contributed by atoms with Crippen molar-refractivity contribution in [2.75, 3.05) is 17.1 Å². The maximum absolute atomic E-state index is 13.9. The number of halogens is 3. The summed E-state index contributed by atoms with van der Waals surface area (Å²) in [7, 11) is 0. The largest absolute Gasteiger partial charge is 0.360 e. The number of aromatic nitrogens is 2. The lowest BCUT2D eigenvalue weighted by molar-refractivity contribution is 0.538. The van der Waals surface area contributed by atoms with Gasteiger partial charge in [-0.1, -0.05) is 13.8 Å². The fraction of sp³-hybridized carbons (Fsp3) is 0.636. The summed E-state index contributed by atoms with van der Waals surface area (Å²) in [6.45, 7) is 3.78. The molecule has 6 heteroatoms. The molecule has 0 aliphatic carbocycles. The fourth-order valence-corrected chi connectivity index (χ4v) is 2.17. The maximum atomic E-state index is 13.9. The van der Waals surface area contributed by atoms with E-state index >= 15 is 0 Å². The molecule has 1 rings (SSSR count). The zero-order valence-corrected chi connectivity index (χ0v) is 11.4. The average molecular weight is 280 g/mol. The summed E-state index contributed by atoms with van der Waals surface area (Å²) in [5, 5.41) is 2.99. The van der Waals surface area contributed by atoms with Gasteiger partial charge in [0.1, 0.15) is 6.33 Å². The Morgan fingerprint density at radius 1 is 1.29 bits per heavy atom. The van der Waals surface area contributed by atoms with Crippen molar-refractivity contribution in [2.45, 2.75) is 32.2 Å². The van der Waals surface area contributed by atoms with E-state index < -0.39 is 11.4 Å². The first-order chi connectivity index (χ1) is 8.12. The molecule has 0 radical (unpaired) electrons. The maximum Gasteiger partial charge on any atom is 0.186 e. The minimum absolute atomic E-state index is 0.167. The molecule has 1 heterocycles. The van der Waals surface area contributed by atoms with Crippen molar-refractivity contribution in [3.63, 3.8) is 0 Å². The molecule has 0 aliphatic rings. The number of alkyl halides is 2. The van der Waals surface area contributed by atoms with Crippen LogP contribution in [0.25, 0.3) is 0 Å². The smallest absolute Gasteiger partial charge is 0.186 e. The Hall–Kier alpha value is -0.610. The van der Waals surface area contributed by atoms with E-state index in [1.165, 1.54) is 6.33 Å². The first-order valence-electron chi connectivity index (χ1n) is 5.52. The first kappa shape index (κ1) is 14.5. The van der Waals surface area contributed by atoms with Gasteiger partial charge in [-0.25, -0.2) is 14.4 Å². The molecular formula is C11H16Cl2FN3. The van der Waals surface area contributed by atoms with Crippen LogP contribution in [0.3, 0.4) is 0 Å². The van der Waals surface area contributed by atoms with Crippen LogP contribution in [-0.4, -0.2) is 27.3 Å². The monoisotopic (exact) mass is 279 g/mol. The highest BCUT2D eigenvalue weighted by molar-refractivity contribution is 6.22. The molecule has 0 fully saturated rings. The van der Waals surface area contributed by atoms with Gasteiger partial charge in [-0.2, -0.15) is 0 Å². The van der Waals surface area contributed by atoms with Gasteiger partial charge in [0.05, 0.1) is 11.2 Å². The molecule has 0 atom stereocenters. The van der Waals surface area contributed by atoms with E-state index in [-0.39, 0.29) is 17.6 Å². The van der Waals surface area contributed by atoms with Crippen LogP contribution < -0.4 is 5.32 Å². The van der Waals surface area contributed by atoms with Crippen LogP contribution in [-0.2, 0) is 6.42 Å². The standard InChI is InChI=1S/C11H16Cl2FN3/c1-3-8-9(14)10(16-7-15-8)17-11(4-2,5-12)6-13/h7H,3-6H2,1-2H3,(H,15,16,17). The second-order valence-electron chi connectivity index (χ2n) is 3.86. The van der Waals surface area contributed by atoms with Gasteiger partial charge < -0.3 is 5.32 Å². The van der Waals surface area contributed by atoms with E-state index in [4.69, 9.17) is 23.2 Å². The zero-order chi connectivity index (χ0) is 12.9. The van der Waals surface area contributed by atoms with Crippen LogP contribution in [0.4, 0.5) is 10.2 Å². The number of rotatable bonds is 6. The van der Waals surface area contributed by atoms with Crippen LogP contribution in [0.15, 0.2) is 6.33 Å². The second kappa shape index (κ2) is 6.36. The molecule has 1 aromatic heterocycles. The molecule has 17 heavy (non-hydrogen) atoms. The molecule has 0 unspecified atom stereocenters. The van der Waals surface area contributed by atoms with Crippen LogP contribution in [0, 0.1) is 5.82 Å². The number of anilines is 1. The third kappa shape index (κ3) is 3.19. The second-order valence-corrected chi connectivity index (χ2v) is 4.40. The quantitative estimate of drug-likeness (QED) is 0.813. The summed E-state index contributed by atoms with van der Waals surface area (Å²) in [5.74, 6) is 0.318. The highest BCUT2D eigenvalue weighted by Crippen LogP contribution is 2.23. The number of hydrogen-bond donors (Lipinski definition) is 1. The number of hydrogen-bond acceptors (Lipinski definition) is 3. The summed E-state index contributed by atoms with van der Waals surface area (Å²) >= 11 is 11.8. The van der Waals surface area contributed by atoms with Crippen molar-refractivity contribution in [3.8, 4) is 0 Å². The molecule has 1 N–H and O–H groups in total. The molecule has 0 amide bonds. The van der Waals surface area contributed by atoms with Crippen LogP contribution in [0.5, 0.6) is 0 Å². The third-order valence-corrected chi connectivity index (χ3v) is 3.79. The van der Waals surface area contributed by atoms with Crippen molar-refractivity contribution in [2.24, 2.45) is 0 Å². The van der Waals surface area contributed by atoms with Crippen LogP contribution in [0.1, 0.15) is 26.0 Å². The summed E-state index contributed by atoms with van der Waals surface area (Å²) in [4.78, 5) is 7.77. The van der Waals surface area contributed by atoms with Crippen molar-refractivity contribution in [1.29, 1.82) is 0 Å². The van der Waals surface area contributed by atoms with E-state index in [1.807, 2.05) is 13.8 Å². The Bertz CT molecular complexity index is 361. The molecule has 0 saturated carbocycles. The average Bonchev–Trinajstić information content (AvgIpc) is 2.38. The normalized spacial score (nSPS) is 11.6. The topological polar surface area (TPSA) is 37.8 Å². The van der Waals surface area contributed by atoms with Gasteiger partial charge in [0, 0.05) is 11.8 Å². The molecule has 1 aromatic rings. The molecule has 3 nitrogen and oxygen atoms in total. The zero-order valence-electron chi connectivity index (χ0n) is 9.93. The van der Waals surface area contributed by atoms with E-state index in [0.29, 0.717) is 18.5 Å². The van der Waals surface area contributed by atoms with Gasteiger partial charge >= 0.3 is 0 Å². The Labute approximate surface area is 111 Å².